The Kier molecular flexibility index (Phi) is 3.72. The van der Waals surface area contributed by atoms with E-state index in [9.17, 15) is 0 Å². The minimum Gasteiger partial charge on any atom is -0.436 e. The Bertz CT molecular complexity index is 995. The number of rotatable bonds is 3. The van der Waals surface area contributed by atoms with Gasteiger partial charge in [0.2, 0.25) is 5.89 Å². The van der Waals surface area contributed by atoms with Crippen LogP contribution in [0.4, 0.5) is 0 Å². The summed E-state index contributed by atoms with van der Waals surface area (Å²) in [6.07, 6.45) is 4.21. The Hall–Kier alpha value is -3.13. The molecule has 0 fully saturated rings. The van der Waals surface area contributed by atoms with Crippen LogP contribution in [0.5, 0.6) is 0 Å². The number of nitrogens with zero attached hydrogens (tertiary/aromatic N) is 1. The first-order valence-corrected chi connectivity index (χ1v) is 7.99. The predicted molar refractivity (Wildman–Crippen MR) is 99.6 cm³/mol. The molecule has 24 heavy (non-hydrogen) atoms. The molecule has 0 saturated carbocycles. The largest absolute Gasteiger partial charge is 0.436 e. The van der Waals surface area contributed by atoms with Crippen molar-refractivity contribution < 1.29 is 4.42 Å². The SMILES string of the molecule is Cc1ccc2oc(-c3ccc(C=Cc4ccccc4)cc3)nc2c1. The molecule has 0 atom stereocenters. The summed E-state index contributed by atoms with van der Waals surface area (Å²) in [7, 11) is 0. The zero-order chi connectivity index (χ0) is 16.4. The third-order valence-electron chi connectivity index (χ3n) is 3.97. The summed E-state index contributed by atoms with van der Waals surface area (Å²) in [4.78, 5) is 4.58. The minimum atomic E-state index is 0.661. The van der Waals surface area contributed by atoms with Gasteiger partial charge in [-0.2, -0.15) is 0 Å². The van der Waals surface area contributed by atoms with Crippen LogP contribution >= 0.6 is 0 Å². The lowest BCUT2D eigenvalue weighted by Crippen LogP contribution is -1.78. The fourth-order valence-electron chi connectivity index (χ4n) is 2.65. The number of hydrogen-bond donors (Lipinski definition) is 0. The Morgan fingerprint density at radius 3 is 2.25 bits per heavy atom. The summed E-state index contributed by atoms with van der Waals surface area (Å²) in [6.45, 7) is 2.06. The molecule has 116 valence electrons. The van der Waals surface area contributed by atoms with Gasteiger partial charge >= 0.3 is 0 Å². The van der Waals surface area contributed by atoms with Crippen molar-refractivity contribution in [1.29, 1.82) is 0 Å². The van der Waals surface area contributed by atoms with Crippen molar-refractivity contribution in [2.45, 2.75) is 6.92 Å². The van der Waals surface area contributed by atoms with Gasteiger partial charge in [0, 0.05) is 5.56 Å². The van der Waals surface area contributed by atoms with Crippen molar-refractivity contribution in [3.63, 3.8) is 0 Å². The number of aromatic nitrogens is 1. The van der Waals surface area contributed by atoms with Gasteiger partial charge in [0.05, 0.1) is 0 Å². The molecule has 0 aliphatic heterocycles. The van der Waals surface area contributed by atoms with Gasteiger partial charge in [-0.1, -0.05) is 60.7 Å². The zero-order valence-corrected chi connectivity index (χ0v) is 13.4. The zero-order valence-electron chi connectivity index (χ0n) is 13.4. The molecule has 4 rings (SSSR count). The van der Waals surface area contributed by atoms with E-state index in [1.54, 1.807) is 0 Å². The van der Waals surface area contributed by atoms with Crippen molar-refractivity contribution in [2.24, 2.45) is 0 Å². The molecule has 0 spiro atoms. The Balaban J connectivity index is 1.59. The summed E-state index contributed by atoms with van der Waals surface area (Å²) in [5.41, 5.74) is 6.23. The van der Waals surface area contributed by atoms with Gasteiger partial charge in [-0.05, 0) is 47.9 Å². The van der Waals surface area contributed by atoms with E-state index < -0.39 is 0 Å². The first-order chi connectivity index (χ1) is 11.8. The van der Waals surface area contributed by atoms with Gasteiger partial charge < -0.3 is 4.42 Å². The molecule has 0 bridgehead atoms. The fraction of sp³-hybridized carbons (Fsp3) is 0.0455. The second-order valence-electron chi connectivity index (χ2n) is 5.86. The van der Waals surface area contributed by atoms with Crippen LogP contribution in [0.2, 0.25) is 0 Å². The summed E-state index contributed by atoms with van der Waals surface area (Å²) in [6, 6.07) is 24.6. The molecular weight excluding hydrogens is 294 g/mol. The quantitative estimate of drug-likeness (QED) is 0.435. The van der Waals surface area contributed by atoms with E-state index in [0.29, 0.717) is 5.89 Å². The molecular formula is C22H17NO. The van der Waals surface area contributed by atoms with Crippen molar-refractivity contribution in [2.75, 3.05) is 0 Å². The van der Waals surface area contributed by atoms with Crippen LogP contribution < -0.4 is 0 Å². The molecule has 2 nitrogen and oxygen atoms in total. The van der Waals surface area contributed by atoms with Gasteiger partial charge in [0.25, 0.3) is 0 Å². The molecule has 4 aromatic rings. The lowest BCUT2D eigenvalue weighted by molar-refractivity contribution is 0.620. The molecule has 0 N–H and O–H groups in total. The summed E-state index contributed by atoms with van der Waals surface area (Å²) >= 11 is 0. The van der Waals surface area contributed by atoms with Crippen LogP contribution in [0.1, 0.15) is 16.7 Å². The number of benzene rings is 3. The molecule has 1 aromatic heterocycles. The van der Waals surface area contributed by atoms with Crippen molar-refractivity contribution in [1.82, 2.24) is 4.98 Å². The topological polar surface area (TPSA) is 26.0 Å². The van der Waals surface area contributed by atoms with Gasteiger partial charge in [-0.25, -0.2) is 4.98 Å². The average molecular weight is 311 g/mol. The minimum absolute atomic E-state index is 0.661. The van der Waals surface area contributed by atoms with E-state index in [1.165, 1.54) is 11.1 Å². The molecule has 0 aliphatic carbocycles. The van der Waals surface area contributed by atoms with Gasteiger partial charge in [0.1, 0.15) is 5.52 Å². The molecule has 1 heterocycles. The second kappa shape index (κ2) is 6.17. The Morgan fingerprint density at radius 2 is 1.50 bits per heavy atom. The van der Waals surface area contributed by atoms with Crippen LogP contribution in [-0.2, 0) is 0 Å². The molecule has 2 heteroatoms. The average Bonchev–Trinajstić information content (AvgIpc) is 3.04. The van der Waals surface area contributed by atoms with Crippen LogP contribution in [0.3, 0.4) is 0 Å². The number of oxazole rings is 1. The maximum absolute atomic E-state index is 5.85. The normalized spacial score (nSPS) is 11.4. The summed E-state index contributed by atoms with van der Waals surface area (Å²) in [5, 5.41) is 0. The smallest absolute Gasteiger partial charge is 0.227 e. The maximum Gasteiger partial charge on any atom is 0.227 e. The van der Waals surface area contributed by atoms with E-state index in [0.717, 1.165) is 22.2 Å². The Labute approximate surface area is 141 Å². The van der Waals surface area contributed by atoms with Crippen molar-refractivity contribution in [3.05, 3.63) is 89.5 Å². The molecule has 0 radical (unpaired) electrons. The standard InChI is InChI=1S/C22H17NO/c1-16-7-14-21-20(15-16)23-22(24-21)19-12-10-18(11-13-19)9-8-17-5-3-2-4-6-17/h2-15H,1H3. The molecule has 0 amide bonds. The number of fused-ring (bicyclic) bond motifs is 1. The number of aryl methyl sites for hydroxylation is 1. The van der Waals surface area contributed by atoms with Crippen LogP contribution in [0.15, 0.2) is 77.2 Å². The number of hydrogen-bond acceptors (Lipinski definition) is 2. The van der Waals surface area contributed by atoms with E-state index in [2.05, 4.69) is 48.3 Å². The van der Waals surface area contributed by atoms with E-state index >= 15 is 0 Å². The summed E-state index contributed by atoms with van der Waals surface area (Å²) < 4.78 is 5.85. The van der Waals surface area contributed by atoms with Crippen molar-refractivity contribution >= 4 is 23.3 Å². The maximum atomic E-state index is 5.85. The van der Waals surface area contributed by atoms with E-state index in [1.807, 2.05) is 48.5 Å². The second-order valence-corrected chi connectivity index (χ2v) is 5.86. The van der Waals surface area contributed by atoms with E-state index in [4.69, 9.17) is 4.42 Å². The molecule has 3 aromatic carbocycles. The monoisotopic (exact) mass is 311 g/mol. The highest BCUT2D eigenvalue weighted by atomic mass is 16.3. The van der Waals surface area contributed by atoms with Crippen molar-refractivity contribution in [3.8, 4) is 11.5 Å². The first kappa shape index (κ1) is 14.5. The molecule has 0 unspecified atom stereocenters. The third-order valence-corrected chi connectivity index (χ3v) is 3.97. The highest BCUT2D eigenvalue weighted by Crippen LogP contribution is 2.25. The fourth-order valence-corrected chi connectivity index (χ4v) is 2.65. The highest BCUT2D eigenvalue weighted by molar-refractivity contribution is 5.77. The third kappa shape index (κ3) is 2.99. The molecule has 0 aliphatic rings. The Morgan fingerprint density at radius 1 is 0.792 bits per heavy atom. The van der Waals surface area contributed by atoms with Crippen LogP contribution in [-0.4, -0.2) is 4.98 Å². The molecule has 0 saturated heterocycles. The first-order valence-electron chi connectivity index (χ1n) is 7.99. The predicted octanol–water partition coefficient (Wildman–Crippen LogP) is 5.97. The van der Waals surface area contributed by atoms with Gasteiger partial charge in [-0.15, -0.1) is 0 Å². The summed E-state index contributed by atoms with van der Waals surface area (Å²) in [5.74, 6) is 0.661. The lowest BCUT2D eigenvalue weighted by atomic mass is 10.1. The van der Waals surface area contributed by atoms with Crippen LogP contribution in [0.25, 0.3) is 34.7 Å². The lowest BCUT2D eigenvalue weighted by Gasteiger charge is -1.97. The van der Waals surface area contributed by atoms with Crippen LogP contribution in [0, 0.1) is 6.92 Å². The van der Waals surface area contributed by atoms with Gasteiger partial charge in [-0.3, -0.25) is 0 Å². The van der Waals surface area contributed by atoms with Gasteiger partial charge in [0.15, 0.2) is 5.58 Å². The highest BCUT2D eigenvalue weighted by Gasteiger charge is 2.07. The van der Waals surface area contributed by atoms with E-state index in [-0.39, 0.29) is 0 Å².